The van der Waals surface area contributed by atoms with Gasteiger partial charge in [-0.3, -0.25) is 4.79 Å². The number of nitrogens with one attached hydrogen (secondary N) is 2. The number of aliphatic carboxylic acids is 1. The summed E-state index contributed by atoms with van der Waals surface area (Å²) in [4.78, 5) is 22.8. The van der Waals surface area contributed by atoms with Gasteiger partial charge in [-0.1, -0.05) is 13.8 Å². The standard InChI is InChI=1S/C15H22N2O4/c1-9(2)13(8-14(18)19)17-15(20)16-12-6-5-11(21-4)7-10(12)3/h5-7,9,13H,8H2,1-4H3,(H,18,19)(H2,16,17,20). The fourth-order valence-electron chi connectivity index (χ4n) is 1.87. The van der Waals surface area contributed by atoms with Crippen LogP contribution in [0.1, 0.15) is 25.8 Å². The minimum atomic E-state index is -0.936. The molecular formula is C15H22N2O4. The molecule has 0 spiro atoms. The number of hydrogen-bond acceptors (Lipinski definition) is 3. The molecule has 0 aliphatic heterocycles. The van der Waals surface area contributed by atoms with E-state index in [0.29, 0.717) is 11.4 Å². The first kappa shape index (κ1) is 16.8. The van der Waals surface area contributed by atoms with Crippen LogP contribution in [-0.4, -0.2) is 30.3 Å². The van der Waals surface area contributed by atoms with Gasteiger partial charge in [0.15, 0.2) is 0 Å². The Morgan fingerprint density at radius 1 is 1.33 bits per heavy atom. The summed E-state index contributed by atoms with van der Waals surface area (Å²) in [6.07, 6.45) is -0.104. The quantitative estimate of drug-likeness (QED) is 0.752. The lowest BCUT2D eigenvalue weighted by Crippen LogP contribution is -2.42. The first-order valence-electron chi connectivity index (χ1n) is 6.77. The lowest BCUT2D eigenvalue weighted by atomic mass is 10.0. The summed E-state index contributed by atoms with van der Waals surface area (Å²) in [5.74, 6) is -0.192. The maximum absolute atomic E-state index is 12.0. The number of rotatable bonds is 6. The van der Waals surface area contributed by atoms with Gasteiger partial charge in [-0.15, -0.1) is 0 Å². The Kier molecular flexibility index (Phi) is 6.02. The van der Waals surface area contributed by atoms with E-state index in [1.54, 1.807) is 19.2 Å². The summed E-state index contributed by atoms with van der Waals surface area (Å²) >= 11 is 0. The smallest absolute Gasteiger partial charge is 0.319 e. The van der Waals surface area contributed by atoms with E-state index in [-0.39, 0.29) is 12.3 Å². The van der Waals surface area contributed by atoms with Crippen LogP contribution < -0.4 is 15.4 Å². The van der Waals surface area contributed by atoms with E-state index in [0.717, 1.165) is 5.56 Å². The second-order valence-electron chi connectivity index (χ2n) is 5.23. The molecular weight excluding hydrogens is 272 g/mol. The predicted octanol–water partition coefficient (Wildman–Crippen LogP) is 2.62. The third-order valence-electron chi connectivity index (χ3n) is 3.20. The van der Waals surface area contributed by atoms with Gasteiger partial charge in [0, 0.05) is 11.7 Å². The molecule has 6 heteroatoms. The lowest BCUT2D eigenvalue weighted by molar-refractivity contribution is -0.137. The predicted molar refractivity (Wildman–Crippen MR) is 80.8 cm³/mol. The molecule has 0 saturated carbocycles. The number of hydrogen-bond donors (Lipinski definition) is 3. The third-order valence-corrected chi connectivity index (χ3v) is 3.20. The molecule has 3 N–H and O–H groups in total. The molecule has 0 heterocycles. The van der Waals surface area contributed by atoms with Gasteiger partial charge in [-0.25, -0.2) is 4.79 Å². The van der Waals surface area contributed by atoms with Crippen molar-refractivity contribution in [2.45, 2.75) is 33.2 Å². The van der Waals surface area contributed by atoms with Gasteiger partial charge in [0.1, 0.15) is 5.75 Å². The molecule has 0 saturated heterocycles. The van der Waals surface area contributed by atoms with E-state index >= 15 is 0 Å². The minimum absolute atomic E-state index is 0.0313. The van der Waals surface area contributed by atoms with Crippen molar-refractivity contribution in [1.29, 1.82) is 0 Å². The van der Waals surface area contributed by atoms with E-state index in [2.05, 4.69) is 10.6 Å². The molecule has 1 aromatic carbocycles. The fourth-order valence-corrected chi connectivity index (χ4v) is 1.87. The largest absolute Gasteiger partial charge is 0.497 e. The number of anilines is 1. The number of amides is 2. The maximum atomic E-state index is 12.0. The Balaban J connectivity index is 2.69. The van der Waals surface area contributed by atoms with E-state index in [9.17, 15) is 9.59 Å². The number of methoxy groups -OCH3 is 1. The molecule has 0 aromatic heterocycles. The van der Waals surface area contributed by atoms with Gasteiger partial charge in [-0.05, 0) is 36.6 Å². The van der Waals surface area contributed by atoms with Crippen LogP contribution in [0.4, 0.5) is 10.5 Å². The Morgan fingerprint density at radius 3 is 2.48 bits per heavy atom. The molecule has 1 unspecified atom stereocenters. The normalized spacial score (nSPS) is 11.9. The van der Waals surface area contributed by atoms with Crippen LogP contribution in [0.25, 0.3) is 0 Å². The van der Waals surface area contributed by atoms with Gasteiger partial charge < -0.3 is 20.5 Å². The number of ether oxygens (including phenoxy) is 1. The van der Waals surface area contributed by atoms with Gasteiger partial charge in [0.05, 0.1) is 13.5 Å². The van der Waals surface area contributed by atoms with Gasteiger partial charge in [0.25, 0.3) is 0 Å². The fraction of sp³-hybridized carbons (Fsp3) is 0.467. The molecule has 116 valence electrons. The molecule has 1 rings (SSSR count). The topological polar surface area (TPSA) is 87.7 Å². The number of carbonyl (C=O) groups is 2. The summed E-state index contributed by atoms with van der Waals surface area (Å²) in [5, 5.41) is 14.3. The molecule has 21 heavy (non-hydrogen) atoms. The molecule has 0 bridgehead atoms. The second kappa shape index (κ2) is 7.52. The summed E-state index contributed by atoms with van der Waals surface area (Å²) in [5.41, 5.74) is 1.52. The lowest BCUT2D eigenvalue weighted by Gasteiger charge is -2.21. The molecule has 2 amide bonds. The van der Waals surface area contributed by atoms with E-state index < -0.39 is 18.0 Å². The third kappa shape index (κ3) is 5.33. The highest BCUT2D eigenvalue weighted by Crippen LogP contribution is 2.21. The molecule has 6 nitrogen and oxygen atoms in total. The van der Waals surface area contributed by atoms with Crippen molar-refractivity contribution in [2.75, 3.05) is 12.4 Å². The average Bonchev–Trinajstić information content (AvgIpc) is 2.39. The summed E-state index contributed by atoms with van der Waals surface area (Å²) in [6.45, 7) is 5.59. The second-order valence-corrected chi connectivity index (χ2v) is 5.23. The molecule has 1 aromatic rings. The number of urea groups is 1. The number of aryl methyl sites for hydroxylation is 1. The highest BCUT2D eigenvalue weighted by molar-refractivity contribution is 5.90. The van der Waals surface area contributed by atoms with Crippen molar-refractivity contribution in [1.82, 2.24) is 5.32 Å². The van der Waals surface area contributed by atoms with E-state index in [1.165, 1.54) is 0 Å². The van der Waals surface area contributed by atoms with Gasteiger partial charge in [0.2, 0.25) is 0 Å². The average molecular weight is 294 g/mol. The highest BCUT2D eigenvalue weighted by Gasteiger charge is 2.19. The summed E-state index contributed by atoms with van der Waals surface area (Å²) in [6, 6.07) is 4.48. The number of carboxylic acid groups (broad SMARTS) is 1. The number of carboxylic acids is 1. The Hall–Kier alpha value is -2.24. The first-order chi connectivity index (χ1) is 9.83. The van der Waals surface area contributed by atoms with Crippen LogP contribution in [0.5, 0.6) is 5.75 Å². The highest BCUT2D eigenvalue weighted by atomic mass is 16.5. The van der Waals surface area contributed by atoms with Crippen LogP contribution in [-0.2, 0) is 4.79 Å². The molecule has 0 aliphatic rings. The minimum Gasteiger partial charge on any atom is -0.497 e. The van der Waals surface area contributed by atoms with Gasteiger partial charge in [-0.2, -0.15) is 0 Å². The maximum Gasteiger partial charge on any atom is 0.319 e. The van der Waals surface area contributed by atoms with Crippen molar-refractivity contribution >= 4 is 17.7 Å². The Bertz CT molecular complexity index is 514. The number of benzene rings is 1. The van der Waals surface area contributed by atoms with Crippen LogP contribution >= 0.6 is 0 Å². The zero-order valence-electron chi connectivity index (χ0n) is 12.8. The SMILES string of the molecule is COc1ccc(NC(=O)NC(CC(=O)O)C(C)C)c(C)c1. The van der Waals surface area contributed by atoms with E-state index in [4.69, 9.17) is 9.84 Å². The van der Waals surface area contributed by atoms with Crippen LogP contribution in [0, 0.1) is 12.8 Å². The Morgan fingerprint density at radius 2 is 2.00 bits per heavy atom. The van der Waals surface area contributed by atoms with Crippen LogP contribution in [0.2, 0.25) is 0 Å². The molecule has 1 atom stereocenters. The zero-order valence-corrected chi connectivity index (χ0v) is 12.8. The van der Waals surface area contributed by atoms with Crippen molar-refractivity contribution in [3.05, 3.63) is 23.8 Å². The molecule has 0 radical (unpaired) electrons. The monoisotopic (exact) mass is 294 g/mol. The molecule has 0 aliphatic carbocycles. The molecule has 0 fully saturated rings. The van der Waals surface area contributed by atoms with Crippen molar-refractivity contribution in [3.8, 4) is 5.75 Å². The van der Waals surface area contributed by atoms with Crippen LogP contribution in [0.15, 0.2) is 18.2 Å². The summed E-state index contributed by atoms with van der Waals surface area (Å²) < 4.78 is 5.10. The first-order valence-corrected chi connectivity index (χ1v) is 6.77. The summed E-state index contributed by atoms with van der Waals surface area (Å²) in [7, 11) is 1.58. The van der Waals surface area contributed by atoms with Crippen molar-refractivity contribution in [2.24, 2.45) is 5.92 Å². The Labute approximate surface area is 124 Å². The van der Waals surface area contributed by atoms with E-state index in [1.807, 2.05) is 26.8 Å². The van der Waals surface area contributed by atoms with Gasteiger partial charge >= 0.3 is 12.0 Å². The number of carbonyl (C=O) groups excluding carboxylic acids is 1. The van der Waals surface area contributed by atoms with Crippen LogP contribution in [0.3, 0.4) is 0 Å². The van der Waals surface area contributed by atoms with Crippen molar-refractivity contribution in [3.63, 3.8) is 0 Å². The van der Waals surface area contributed by atoms with Crippen molar-refractivity contribution < 1.29 is 19.4 Å². The zero-order chi connectivity index (χ0) is 16.0.